The zero-order valence-corrected chi connectivity index (χ0v) is 17.2. The Morgan fingerprint density at radius 1 is 1.12 bits per heavy atom. The number of fused-ring (bicyclic) bond motifs is 2. The quantitative estimate of drug-likeness (QED) is 0.445. The van der Waals surface area contributed by atoms with Gasteiger partial charge < -0.3 is 19.2 Å². The zero-order chi connectivity index (χ0) is 22.8. The molecule has 0 saturated heterocycles. The summed E-state index contributed by atoms with van der Waals surface area (Å²) in [4.78, 5) is 25.3. The molecule has 0 saturated carbocycles. The largest absolute Gasteiger partial charge is 0.492 e. The minimum absolute atomic E-state index is 0.0191. The fourth-order valence-corrected chi connectivity index (χ4v) is 3.93. The van der Waals surface area contributed by atoms with Gasteiger partial charge in [-0.3, -0.25) is 4.79 Å². The van der Waals surface area contributed by atoms with Crippen LogP contribution in [-0.4, -0.2) is 25.4 Å². The van der Waals surface area contributed by atoms with E-state index in [2.05, 4.69) is 0 Å². The van der Waals surface area contributed by atoms with E-state index in [0.29, 0.717) is 35.6 Å². The molecule has 0 radical (unpaired) electrons. The average Bonchev–Trinajstić information content (AvgIpc) is 3.10. The highest BCUT2D eigenvalue weighted by Crippen LogP contribution is 2.46. The van der Waals surface area contributed by atoms with Crippen LogP contribution in [0.15, 0.2) is 42.5 Å². The van der Waals surface area contributed by atoms with Crippen LogP contribution in [0.2, 0.25) is 0 Å². The Kier molecular flexibility index (Phi) is 6.03. The van der Waals surface area contributed by atoms with Crippen molar-refractivity contribution in [2.75, 3.05) is 11.5 Å². The lowest BCUT2D eigenvalue weighted by Crippen LogP contribution is -2.24. The molecule has 0 atom stereocenters. The summed E-state index contributed by atoms with van der Waals surface area (Å²) in [5.41, 5.74) is 0.750. The van der Waals surface area contributed by atoms with Crippen LogP contribution in [0.3, 0.4) is 0 Å². The fraction of sp³-hybridized carbons (Fsp3) is 0.250. The first-order chi connectivity index (χ1) is 15.5. The molecule has 3 aromatic rings. The summed E-state index contributed by atoms with van der Waals surface area (Å²) >= 11 is 0. The summed E-state index contributed by atoms with van der Waals surface area (Å²) in [5.74, 6) is -1.12. The molecule has 0 aliphatic carbocycles. The lowest BCUT2D eigenvalue weighted by molar-refractivity contribution is -0.107. The monoisotopic (exact) mass is 443 g/mol. The van der Waals surface area contributed by atoms with E-state index in [0.717, 1.165) is 0 Å². The van der Waals surface area contributed by atoms with Gasteiger partial charge in [0.1, 0.15) is 23.6 Å². The predicted molar refractivity (Wildman–Crippen MR) is 113 cm³/mol. The summed E-state index contributed by atoms with van der Waals surface area (Å²) in [7, 11) is 0. The van der Waals surface area contributed by atoms with Crippen LogP contribution in [0.25, 0.3) is 10.8 Å². The molecule has 8 heteroatoms. The molecule has 166 valence electrons. The van der Waals surface area contributed by atoms with Crippen molar-refractivity contribution >= 4 is 28.7 Å². The van der Waals surface area contributed by atoms with Gasteiger partial charge in [-0.15, -0.1) is 0 Å². The van der Waals surface area contributed by atoms with Crippen LogP contribution >= 0.6 is 0 Å². The van der Waals surface area contributed by atoms with E-state index in [4.69, 9.17) is 9.47 Å². The van der Waals surface area contributed by atoms with Crippen LogP contribution in [0.1, 0.15) is 34.8 Å². The Bertz CT molecular complexity index is 1200. The number of amides is 1. The summed E-state index contributed by atoms with van der Waals surface area (Å²) in [6.45, 7) is -1.05. The molecular formula is C24H20F3NO4. The number of alkyl halides is 2. The van der Waals surface area contributed by atoms with E-state index in [9.17, 15) is 22.8 Å². The molecule has 1 heterocycles. The smallest absolute Gasteiger partial charge is 0.387 e. The second kappa shape index (κ2) is 8.90. The molecule has 1 aliphatic rings. The first-order valence-electron chi connectivity index (χ1n) is 10.1. The molecular weight excluding hydrogens is 423 g/mol. The topological polar surface area (TPSA) is 55.8 Å². The van der Waals surface area contributed by atoms with E-state index in [1.165, 1.54) is 17.0 Å². The van der Waals surface area contributed by atoms with Crippen molar-refractivity contribution in [2.45, 2.75) is 32.9 Å². The zero-order valence-electron chi connectivity index (χ0n) is 17.2. The number of aldehydes is 1. The fourth-order valence-electron chi connectivity index (χ4n) is 3.93. The van der Waals surface area contributed by atoms with Crippen molar-refractivity contribution in [3.63, 3.8) is 0 Å². The highest BCUT2D eigenvalue weighted by Gasteiger charge is 2.38. The van der Waals surface area contributed by atoms with Gasteiger partial charge in [-0.2, -0.15) is 8.78 Å². The third-order valence-corrected chi connectivity index (χ3v) is 5.27. The molecule has 0 spiro atoms. The van der Waals surface area contributed by atoms with E-state index in [1.54, 1.807) is 30.3 Å². The maximum absolute atomic E-state index is 14.8. The number of ether oxygens (including phenoxy) is 2. The van der Waals surface area contributed by atoms with Crippen LogP contribution in [0, 0.1) is 5.82 Å². The summed E-state index contributed by atoms with van der Waals surface area (Å²) in [6.07, 6.45) is 1.36. The predicted octanol–water partition coefficient (Wildman–Crippen LogP) is 5.27. The van der Waals surface area contributed by atoms with Crippen molar-refractivity contribution in [1.82, 2.24) is 0 Å². The summed E-state index contributed by atoms with van der Waals surface area (Å²) < 4.78 is 52.1. The number of benzene rings is 3. The standard InChI is InChI=1S/C24H20F3NO4/c1-2-11-31-22-16-6-4-3-5-15(16)21(32-24(26)27)17-13-28(23(30)20(17)22)19-8-7-14(9-10-29)12-18(19)25/h3-8,10,12,24H,2,9,11,13H2,1H3. The Morgan fingerprint density at radius 3 is 2.47 bits per heavy atom. The molecule has 0 N–H and O–H groups in total. The van der Waals surface area contributed by atoms with Gasteiger partial charge in [0.25, 0.3) is 5.91 Å². The molecule has 5 nitrogen and oxygen atoms in total. The minimum atomic E-state index is -3.10. The van der Waals surface area contributed by atoms with Gasteiger partial charge in [0, 0.05) is 22.8 Å². The molecule has 0 bridgehead atoms. The molecule has 0 unspecified atom stereocenters. The molecule has 32 heavy (non-hydrogen) atoms. The van der Waals surface area contributed by atoms with Crippen molar-refractivity contribution in [3.8, 4) is 11.5 Å². The SMILES string of the molecule is CCCOc1c2c(c(OC(F)F)c3ccccc13)CN(c1ccc(CC=O)cc1F)C2=O. The van der Waals surface area contributed by atoms with Crippen LogP contribution in [0.5, 0.6) is 11.5 Å². The maximum atomic E-state index is 14.8. The van der Waals surface area contributed by atoms with E-state index in [-0.39, 0.29) is 41.3 Å². The van der Waals surface area contributed by atoms with E-state index in [1.807, 2.05) is 6.92 Å². The number of hydrogen-bond donors (Lipinski definition) is 0. The number of rotatable bonds is 8. The Morgan fingerprint density at radius 2 is 1.84 bits per heavy atom. The lowest BCUT2D eigenvalue weighted by Gasteiger charge is -2.17. The van der Waals surface area contributed by atoms with Gasteiger partial charge in [-0.05, 0) is 24.1 Å². The molecule has 3 aromatic carbocycles. The average molecular weight is 443 g/mol. The minimum Gasteiger partial charge on any atom is -0.492 e. The van der Waals surface area contributed by atoms with Gasteiger partial charge in [0.2, 0.25) is 0 Å². The van der Waals surface area contributed by atoms with Gasteiger partial charge >= 0.3 is 6.61 Å². The Balaban J connectivity index is 1.90. The third kappa shape index (κ3) is 3.77. The summed E-state index contributed by atoms with van der Waals surface area (Å²) in [5, 5.41) is 0.849. The number of carbonyl (C=O) groups excluding carboxylic acids is 2. The number of halogens is 3. The highest BCUT2D eigenvalue weighted by atomic mass is 19.3. The van der Waals surface area contributed by atoms with Gasteiger partial charge in [0.15, 0.2) is 0 Å². The number of nitrogens with zero attached hydrogens (tertiary/aromatic N) is 1. The number of hydrogen-bond acceptors (Lipinski definition) is 4. The van der Waals surface area contributed by atoms with Crippen LogP contribution in [-0.2, 0) is 17.8 Å². The van der Waals surface area contributed by atoms with Gasteiger partial charge in [-0.1, -0.05) is 37.3 Å². The number of carbonyl (C=O) groups is 2. The molecule has 0 aromatic heterocycles. The van der Waals surface area contributed by atoms with Crippen LogP contribution in [0.4, 0.5) is 18.9 Å². The molecule has 1 aliphatic heterocycles. The number of anilines is 1. The lowest BCUT2D eigenvalue weighted by atomic mass is 9.99. The van der Waals surface area contributed by atoms with Crippen molar-refractivity contribution in [2.24, 2.45) is 0 Å². The highest BCUT2D eigenvalue weighted by molar-refractivity contribution is 6.17. The van der Waals surface area contributed by atoms with Gasteiger partial charge in [-0.25, -0.2) is 4.39 Å². The maximum Gasteiger partial charge on any atom is 0.387 e. The molecule has 4 rings (SSSR count). The van der Waals surface area contributed by atoms with E-state index >= 15 is 0 Å². The van der Waals surface area contributed by atoms with E-state index < -0.39 is 18.3 Å². The second-order valence-corrected chi connectivity index (χ2v) is 7.33. The van der Waals surface area contributed by atoms with Crippen molar-refractivity contribution < 1.29 is 32.2 Å². The molecule has 0 fully saturated rings. The van der Waals surface area contributed by atoms with Crippen molar-refractivity contribution in [3.05, 3.63) is 65.0 Å². The second-order valence-electron chi connectivity index (χ2n) is 7.33. The Hall–Kier alpha value is -3.55. The normalized spacial score (nSPS) is 13.0. The third-order valence-electron chi connectivity index (χ3n) is 5.27. The first kappa shape index (κ1) is 21.7. The Labute approximate surface area is 182 Å². The van der Waals surface area contributed by atoms with Crippen LogP contribution < -0.4 is 14.4 Å². The first-order valence-corrected chi connectivity index (χ1v) is 10.1. The summed E-state index contributed by atoms with van der Waals surface area (Å²) in [6, 6.07) is 10.8. The molecule has 1 amide bonds. The van der Waals surface area contributed by atoms with Crippen molar-refractivity contribution in [1.29, 1.82) is 0 Å². The van der Waals surface area contributed by atoms with Gasteiger partial charge in [0.05, 0.1) is 24.4 Å².